The molecule has 6 atom stereocenters. The summed E-state index contributed by atoms with van der Waals surface area (Å²) in [6.07, 6.45) is 7.13. The van der Waals surface area contributed by atoms with Gasteiger partial charge < -0.3 is 10.6 Å². The van der Waals surface area contributed by atoms with Gasteiger partial charge in [-0.25, -0.2) is 0 Å². The smallest absolute Gasteiger partial charge is 0.139 e. The van der Waals surface area contributed by atoms with Crippen LogP contribution in [0.4, 0.5) is 0 Å². The van der Waals surface area contributed by atoms with Crippen LogP contribution in [0, 0.1) is 34.5 Å². The maximum atomic E-state index is 13.1. The molecule has 0 heterocycles. The summed E-state index contributed by atoms with van der Waals surface area (Å²) >= 11 is 0. The maximum absolute atomic E-state index is 13.1. The van der Waals surface area contributed by atoms with Crippen LogP contribution in [0.5, 0.6) is 0 Å². The summed E-state index contributed by atoms with van der Waals surface area (Å²) in [4.78, 5) is 30.9. The van der Waals surface area contributed by atoms with Crippen molar-refractivity contribution in [2.45, 2.75) is 65.2 Å². The molecule has 0 bridgehead atoms. The van der Waals surface area contributed by atoms with Crippen molar-refractivity contribution in [1.82, 2.24) is 0 Å². The van der Waals surface area contributed by atoms with Gasteiger partial charge in [0.15, 0.2) is 0 Å². The summed E-state index contributed by atoms with van der Waals surface area (Å²) in [6.45, 7) is 5.39. The number of carbonyl (C=O) groups excluding carboxylic acids is 2. The predicted octanol–water partition coefficient (Wildman–Crippen LogP) is 3.11. The molecular weight excluding hydrogens is 328 g/mol. The lowest BCUT2D eigenvalue weighted by molar-refractivity contribution is -0.152. The van der Waals surface area contributed by atoms with Gasteiger partial charge in [0.05, 0.1) is 5.71 Å². The molecule has 26 heavy (non-hydrogen) atoms. The Hall–Kier alpha value is -1.23. The van der Waals surface area contributed by atoms with E-state index < -0.39 is 0 Å². The van der Waals surface area contributed by atoms with E-state index in [2.05, 4.69) is 19.0 Å². The first-order valence-corrected chi connectivity index (χ1v) is 10.3. The van der Waals surface area contributed by atoms with Crippen LogP contribution in [-0.4, -0.2) is 30.4 Å². The summed E-state index contributed by atoms with van der Waals surface area (Å²) in [5.41, 5.74) is 6.37. The molecule has 0 aromatic heterocycles. The number of nitrogens with two attached hydrogens (primary N) is 1. The van der Waals surface area contributed by atoms with Crippen molar-refractivity contribution in [3.63, 3.8) is 0 Å². The van der Waals surface area contributed by atoms with Crippen molar-refractivity contribution in [3.05, 3.63) is 0 Å². The lowest BCUT2D eigenvalue weighted by Crippen LogP contribution is -2.56. The van der Waals surface area contributed by atoms with Gasteiger partial charge in [-0.3, -0.25) is 9.59 Å². The fourth-order valence-corrected chi connectivity index (χ4v) is 6.89. The third kappa shape index (κ3) is 2.57. The topological polar surface area (TPSA) is 81.8 Å². The van der Waals surface area contributed by atoms with E-state index >= 15 is 0 Å². The van der Waals surface area contributed by atoms with Gasteiger partial charge in [-0.1, -0.05) is 19.0 Å². The van der Waals surface area contributed by atoms with Crippen molar-refractivity contribution in [1.29, 1.82) is 0 Å². The van der Waals surface area contributed by atoms with Gasteiger partial charge >= 0.3 is 0 Å². The standard InChI is InChI=1S/C21H32N2O3/c1-20-7-5-13(23-26-10-9-22)11-17(20)18(24)12-14-15-3-4-19(25)21(15,2)8-6-16(14)20/h14-17H,3-12,22H2,1-2H3/b23-13+/t14?,15?,16?,17?,20-,21+/m1/s1. The lowest BCUT2D eigenvalue weighted by Gasteiger charge is -2.58. The Balaban J connectivity index is 1.57. The Morgan fingerprint density at radius 1 is 1.12 bits per heavy atom. The number of hydrogen-bond acceptors (Lipinski definition) is 5. The molecular formula is C21H32N2O3. The van der Waals surface area contributed by atoms with Crippen molar-refractivity contribution in [2.75, 3.05) is 13.2 Å². The van der Waals surface area contributed by atoms with Gasteiger partial charge in [0, 0.05) is 30.7 Å². The molecule has 2 N–H and O–H groups in total. The van der Waals surface area contributed by atoms with Crippen LogP contribution in [0.25, 0.3) is 0 Å². The number of ketones is 2. The van der Waals surface area contributed by atoms with E-state index in [0.717, 1.165) is 44.2 Å². The first-order valence-electron chi connectivity index (χ1n) is 10.3. The molecule has 0 saturated heterocycles. The Morgan fingerprint density at radius 3 is 2.69 bits per heavy atom. The molecule has 4 fully saturated rings. The van der Waals surface area contributed by atoms with Crippen molar-refractivity contribution in [2.24, 2.45) is 45.4 Å². The monoisotopic (exact) mass is 360 g/mol. The molecule has 144 valence electrons. The molecule has 4 aliphatic rings. The van der Waals surface area contributed by atoms with Crippen LogP contribution in [-0.2, 0) is 14.4 Å². The van der Waals surface area contributed by atoms with Crippen LogP contribution >= 0.6 is 0 Å². The Labute approximate surface area is 156 Å². The summed E-state index contributed by atoms with van der Waals surface area (Å²) < 4.78 is 0. The molecule has 0 aromatic carbocycles. The number of nitrogens with zero attached hydrogens (tertiary/aromatic N) is 1. The third-order valence-corrected chi connectivity index (χ3v) is 8.41. The second kappa shape index (κ2) is 6.43. The molecule has 4 rings (SSSR count). The zero-order valence-electron chi connectivity index (χ0n) is 16.1. The van der Waals surface area contributed by atoms with Crippen LogP contribution < -0.4 is 5.73 Å². The van der Waals surface area contributed by atoms with Crippen LogP contribution in [0.2, 0.25) is 0 Å². The highest BCUT2D eigenvalue weighted by atomic mass is 16.6. The number of carbonyl (C=O) groups is 2. The number of rotatable bonds is 3. The Morgan fingerprint density at radius 2 is 1.92 bits per heavy atom. The third-order valence-electron chi connectivity index (χ3n) is 8.41. The van der Waals surface area contributed by atoms with E-state index in [9.17, 15) is 9.59 Å². The molecule has 4 saturated carbocycles. The van der Waals surface area contributed by atoms with E-state index in [4.69, 9.17) is 10.6 Å². The molecule has 5 heteroatoms. The second-order valence-electron chi connectivity index (χ2n) is 9.51. The van der Waals surface area contributed by atoms with Gasteiger partial charge in [0.1, 0.15) is 18.2 Å². The predicted molar refractivity (Wildman–Crippen MR) is 99.6 cm³/mol. The highest BCUT2D eigenvalue weighted by molar-refractivity contribution is 5.93. The number of fused-ring (bicyclic) bond motifs is 5. The van der Waals surface area contributed by atoms with Gasteiger partial charge in [-0.05, 0) is 61.7 Å². The SMILES string of the molecule is C[C@]12CC/C(=N\OCCN)CC1C(=O)CC1C2CC[C@]2(C)C(=O)CCC12. The average Bonchev–Trinajstić information content (AvgIpc) is 2.92. The van der Waals surface area contributed by atoms with Crippen molar-refractivity contribution < 1.29 is 14.4 Å². The van der Waals surface area contributed by atoms with E-state index in [0.29, 0.717) is 55.3 Å². The zero-order valence-corrected chi connectivity index (χ0v) is 16.1. The summed E-state index contributed by atoms with van der Waals surface area (Å²) in [5.74, 6) is 2.29. The van der Waals surface area contributed by atoms with Crippen molar-refractivity contribution in [3.8, 4) is 0 Å². The second-order valence-corrected chi connectivity index (χ2v) is 9.51. The molecule has 0 aliphatic heterocycles. The Kier molecular flexibility index (Phi) is 4.49. The van der Waals surface area contributed by atoms with Crippen LogP contribution in [0.15, 0.2) is 5.16 Å². The fraction of sp³-hybridized carbons (Fsp3) is 0.857. The van der Waals surface area contributed by atoms with Gasteiger partial charge in [0.2, 0.25) is 0 Å². The average molecular weight is 360 g/mol. The lowest BCUT2D eigenvalue weighted by atomic mass is 9.45. The summed E-state index contributed by atoms with van der Waals surface area (Å²) in [5, 5.41) is 4.25. The highest BCUT2D eigenvalue weighted by Crippen LogP contribution is 2.64. The largest absolute Gasteiger partial charge is 0.395 e. The molecule has 4 aliphatic carbocycles. The highest BCUT2D eigenvalue weighted by Gasteiger charge is 2.62. The minimum absolute atomic E-state index is 0.0554. The minimum atomic E-state index is -0.165. The number of oxime groups is 1. The molecule has 5 nitrogen and oxygen atoms in total. The normalized spacial score (nSPS) is 46.7. The molecule has 4 unspecified atom stereocenters. The van der Waals surface area contributed by atoms with Crippen LogP contribution in [0.1, 0.15) is 65.2 Å². The summed E-state index contributed by atoms with van der Waals surface area (Å²) in [7, 11) is 0. The number of hydrogen-bond donors (Lipinski definition) is 1. The number of Topliss-reactive ketones (excluding diaryl/α,β-unsaturated/α-hetero) is 2. The van der Waals surface area contributed by atoms with Crippen molar-refractivity contribution >= 4 is 17.3 Å². The minimum Gasteiger partial charge on any atom is -0.395 e. The Bertz CT molecular complexity index is 645. The molecule has 0 aromatic rings. The fourth-order valence-electron chi connectivity index (χ4n) is 6.89. The van der Waals surface area contributed by atoms with Gasteiger partial charge in [0.25, 0.3) is 0 Å². The van der Waals surface area contributed by atoms with E-state index in [-0.39, 0.29) is 16.7 Å². The molecule has 0 radical (unpaired) electrons. The van der Waals surface area contributed by atoms with Gasteiger partial charge in [-0.15, -0.1) is 0 Å². The van der Waals surface area contributed by atoms with Gasteiger partial charge in [-0.2, -0.15) is 0 Å². The van der Waals surface area contributed by atoms with E-state index in [1.807, 2.05) is 0 Å². The first kappa shape index (κ1) is 18.1. The van der Waals surface area contributed by atoms with E-state index in [1.165, 1.54) is 0 Å². The van der Waals surface area contributed by atoms with Crippen LogP contribution in [0.3, 0.4) is 0 Å². The molecule has 0 amide bonds. The maximum Gasteiger partial charge on any atom is 0.139 e. The van der Waals surface area contributed by atoms with E-state index in [1.54, 1.807) is 0 Å². The quantitative estimate of drug-likeness (QED) is 0.619. The molecule has 0 spiro atoms. The summed E-state index contributed by atoms with van der Waals surface area (Å²) in [6, 6.07) is 0. The first-order chi connectivity index (χ1) is 12.4. The zero-order chi connectivity index (χ0) is 18.5.